The number of likely N-dealkylation sites (N-methyl/N-ethyl adjacent to an activating group) is 1. The summed E-state index contributed by atoms with van der Waals surface area (Å²) in [5.41, 5.74) is 5.28. The topological polar surface area (TPSA) is 44.8 Å². The fourth-order valence-electron chi connectivity index (χ4n) is 4.53. The van der Waals surface area contributed by atoms with Crippen molar-refractivity contribution in [3.8, 4) is 17.2 Å². The molecule has 0 aliphatic carbocycles. The van der Waals surface area contributed by atoms with Gasteiger partial charge in [-0.05, 0) is 31.0 Å². The van der Waals surface area contributed by atoms with E-state index < -0.39 is 0 Å². The standard InChI is InChI=1S/C23H28NO4/c1-14-6-7-17(15(2)10-14)19(25)12-18-21-16(8-9-24(18,3)4)11-20-22(23(21)26-5)28-13-27-20/h6-7,10-11,18H,8-9,12-13H2,1-5H3/q+1/t18-/m1/s1. The Morgan fingerprint density at radius 3 is 2.71 bits per heavy atom. The first-order valence-electron chi connectivity index (χ1n) is 9.74. The third-order valence-corrected chi connectivity index (χ3v) is 6.14. The van der Waals surface area contributed by atoms with E-state index in [1.54, 1.807) is 7.11 Å². The van der Waals surface area contributed by atoms with Crippen molar-refractivity contribution in [3.05, 3.63) is 52.1 Å². The van der Waals surface area contributed by atoms with Gasteiger partial charge in [-0.2, -0.15) is 0 Å². The zero-order valence-corrected chi connectivity index (χ0v) is 17.3. The van der Waals surface area contributed by atoms with Gasteiger partial charge >= 0.3 is 0 Å². The van der Waals surface area contributed by atoms with E-state index in [-0.39, 0.29) is 18.6 Å². The van der Waals surface area contributed by atoms with Gasteiger partial charge in [-0.25, -0.2) is 0 Å². The summed E-state index contributed by atoms with van der Waals surface area (Å²) in [5.74, 6) is 2.28. The van der Waals surface area contributed by atoms with Crippen molar-refractivity contribution in [1.82, 2.24) is 0 Å². The monoisotopic (exact) mass is 382 g/mol. The summed E-state index contributed by atoms with van der Waals surface area (Å²) in [7, 11) is 6.04. The van der Waals surface area contributed by atoms with Gasteiger partial charge in [0.15, 0.2) is 17.3 Å². The minimum atomic E-state index is 0.00130. The Morgan fingerprint density at radius 1 is 1.21 bits per heavy atom. The summed E-state index contributed by atoms with van der Waals surface area (Å²) in [6.45, 7) is 5.22. The molecule has 0 fully saturated rings. The van der Waals surface area contributed by atoms with Crippen LogP contribution in [-0.4, -0.2) is 44.8 Å². The van der Waals surface area contributed by atoms with Crippen LogP contribution in [-0.2, 0) is 6.42 Å². The maximum absolute atomic E-state index is 13.3. The van der Waals surface area contributed by atoms with Crippen molar-refractivity contribution in [2.45, 2.75) is 32.7 Å². The van der Waals surface area contributed by atoms with E-state index in [0.29, 0.717) is 17.9 Å². The number of carbonyl (C=O) groups excluding carboxylic acids is 1. The van der Waals surface area contributed by atoms with E-state index in [9.17, 15) is 4.79 Å². The van der Waals surface area contributed by atoms with Crippen LogP contribution >= 0.6 is 0 Å². The second-order valence-electron chi connectivity index (χ2n) is 8.43. The lowest BCUT2D eigenvalue weighted by molar-refractivity contribution is -0.922. The van der Waals surface area contributed by atoms with E-state index in [1.807, 2.05) is 26.0 Å². The van der Waals surface area contributed by atoms with Crippen LogP contribution in [0.1, 0.15) is 45.1 Å². The maximum Gasteiger partial charge on any atom is 0.231 e. The Kier molecular flexibility index (Phi) is 4.58. The SMILES string of the molecule is COc1c2c(cc3c1[C@@H](CC(=O)c1ccc(C)cc1C)[N+](C)(C)CC3)OCO2. The number of hydrogen-bond acceptors (Lipinski definition) is 4. The molecule has 2 aliphatic rings. The molecule has 0 radical (unpaired) electrons. The fraction of sp³-hybridized carbons (Fsp3) is 0.435. The lowest BCUT2D eigenvalue weighted by Crippen LogP contribution is -2.48. The molecule has 5 nitrogen and oxygen atoms in total. The van der Waals surface area contributed by atoms with Gasteiger partial charge in [-0.15, -0.1) is 0 Å². The van der Waals surface area contributed by atoms with Crippen molar-refractivity contribution in [2.24, 2.45) is 0 Å². The molecule has 4 rings (SSSR count). The predicted molar refractivity (Wildman–Crippen MR) is 107 cm³/mol. The lowest BCUT2D eigenvalue weighted by atomic mass is 9.85. The number of fused-ring (bicyclic) bond motifs is 2. The van der Waals surface area contributed by atoms with Gasteiger partial charge in [-0.3, -0.25) is 4.79 Å². The minimum Gasteiger partial charge on any atom is -0.492 e. The summed E-state index contributed by atoms with van der Waals surface area (Å²) < 4.78 is 17.8. The summed E-state index contributed by atoms with van der Waals surface area (Å²) in [6.07, 6.45) is 1.35. The number of ketones is 1. The molecular weight excluding hydrogens is 354 g/mol. The van der Waals surface area contributed by atoms with E-state index in [4.69, 9.17) is 14.2 Å². The number of ether oxygens (including phenoxy) is 3. The quantitative estimate of drug-likeness (QED) is 0.593. The van der Waals surface area contributed by atoms with Gasteiger partial charge in [0, 0.05) is 12.0 Å². The van der Waals surface area contributed by atoms with Crippen molar-refractivity contribution < 1.29 is 23.5 Å². The molecule has 2 aromatic carbocycles. The number of quaternary nitrogens is 1. The van der Waals surface area contributed by atoms with Gasteiger partial charge in [-0.1, -0.05) is 23.8 Å². The third kappa shape index (κ3) is 3.04. The molecule has 1 atom stereocenters. The lowest BCUT2D eigenvalue weighted by Gasteiger charge is -2.43. The van der Waals surface area contributed by atoms with Gasteiger partial charge in [0.2, 0.25) is 12.5 Å². The molecule has 2 heterocycles. The van der Waals surface area contributed by atoms with Crippen LogP contribution in [0.3, 0.4) is 0 Å². The molecule has 0 spiro atoms. The van der Waals surface area contributed by atoms with Crippen LogP contribution in [0.25, 0.3) is 0 Å². The van der Waals surface area contributed by atoms with Crippen LogP contribution in [0.2, 0.25) is 0 Å². The zero-order chi connectivity index (χ0) is 20.1. The van der Waals surface area contributed by atoms with Crippen LogP contribution in [0, 0.1) is 13.8 Å². The molecule has 2 aromatic rings. The number of hydrogen-bond donors (Lipinski definition) is 0. The average Bonchev–Trinajstić information content (AvgIpc) is 3.10. The Balaban J connectivity index is 1.77. The van der Waals surface area contributed by atoms with E-state index in [1.165, 1.54) is 11.1 Å². The highest BCUT2D eigenvalue weighted by atomic mass is 16.7. The molecular formula is C23H28NO4+. The van der Waals surface area contributed by atoms with Crippen LogP contribution < -0.4 is 14.2 Å². The first-order chi connectivity index (χ1) is 13.3. The maximum atomic E-state index is 13.3. The highest BCUT2D eigenvalue weighted by Crippen LogP contribution is 2.51. The van der Waals surface area contributed by atoms with Crippen LogP contribution in [0.4, 0.5) is 0 Å². The van der Waals surface area contributed by atoms with Crippen molar-refractivity contribution in [3.63, 3.8) is 0 Å². The molecule has 0 amide bonds. The van der Waals surface area contributed by atoms with Crippen LogP contribution in [0.5, 0.6) is 17.2 Å². The number of nitrogens with zero attached hydrogens (tertiary/aromatic N) is 1. The first kappa shape index (κ1) is 18.8. The molecule has 0 saturated carbocycles. The summed E-state index contributed by atoms with van der Waals surface area (Å²) in [4.78, 5) is 13.3. The normalized spacial score (nSPS) is 19.2. The third-order valence-electron chi connectivity index (χ3n) is 6.14. The highest BCUT2D eigenvalue weighted by molar-refractivity contribution is 5.98. The molecule has 2 aliphatic heterocycles. The van der Waals surface area contributed by atoms with E-state index >= 15 is 0 Å². The Morgan fingerprint density at radius 2 is 2.00 bits per heavy atom. The molecule has 28 heavy (non-hydrogen) atoms. The average molecular weight is 382 g/mol. The molecule has 5 heteroatoms. The van der Waals surface area contributed by atoms with Gasteiger partial charge in [0.05, 0.1) is 39.7 Å². The Hall–Kier alpha value is -2.53. The molecule has 0 bridgehead atoms. The zero-order valence-electron chi connectivity index (χ0n) is 17.3. The molecule has 0 aromatic heterocycles. The largest absolute Gasteiger partial charge is 0.492 e. The molecule has 148 valence electrons. The second-order valence-corrected chi connectivity index (χ2v) is 8.43. The number of aryl methyl sites for hydroxylation is 2. The predicted octanol–water partition coefficient (Wildman–Crippen LogP) is 3.99. The van der Waals surface area contributed by atoms with E-state index in [0.717, 1.165) is 39.9 Å². The fourth-order valence-corrected chi connectivity index (χ4v) is 4.53. The second kappa shape index (κ2) is 6.82. The van der Waals surface area contributed by atoms with E-state index in [2.05, 4.69) is 26.2 Å². The number of benzene rings is 2. The molecule has 0 unspecified atom stereocenters. The van der Waals surface area contributed by atoms with Gasteiger partial charge in [0.1, 0.15) is 6.04 Å². The van der Waals surface area contributed by atoms with Gasteiger partial charge < -0.3 is 18.7 Å². The van der Waals surface area contributed by atoms with Crippen LogP contribution in [0.15, 0.2) is 24.3 Å². The highest BCUT2D eigenvalue weighted by Gasteiger charge is 2.42. The first-order valence-corrected chi connectivity index (χ1v) is 9.74. The number of Topliss-reactive ketones (excluding diaryl/α,β-unsaturated/α-hetero) is 1. The molecule has 0 N–H and O–H groups in total. The number of carbonyl (C=O) groups is 1. The smallest absolute Gasteiger partial charge is 0.231 e. The minimum absolute atomic E-state index is 0.00130. The van der Waals surface area contributed by atoms with Crippen molar-refractivity contribution >= 4 is 5.78 Å². The summed E-state index contributed by atoms with van der Waals surface area (Å²) in [6, 6.07) is 8.09. The Labute approximate surface area is 166 Å². The summed E-state index contributed by atoms with van der Waals surface area (Å²) >= 11 is 0. The summed E-state index contributed by atoms with van der Waals surface area (Å²) in [5, 5.41) is 0. The van der Waals surface area contributed by atoms with Crippen molar-refractivity contribution in [1.29, 1.82) is 0 Å². The number of methoxy groups -OCH3 is 1. The Bertz CT molecular complexity index is 948. The van der Waals surface area contributed by atoms with Gasteiger partial charge in [0.25, 0.3) is 0 Å². The van der Waals surface area contributed by atoms with Crippen molar-refractivity contribution in [2.75, 3.05) is 34.5 Å². The molecule has 0 saturated heterocycles. The number of rotatable bonds is 4.